The molecule has 0 amide bonds. The van der Waals surface area contributed by atoms with Gasteiger partial charge in [0.15, 0.2) is 0 Å². The average Bonchev–Trinajstić information content (AvgIpc) is 2.78. The van der Waals surface area contributed by atoms with Crippen LogP contribution in [0.1, 0.15) is 17.7 Å². The molecule has 1 unspecified atom stereocenters. The van der Waals surface area contributed by atoms with Crippen molar-refractivity contribution in [3.05, 3.63) is 17.5 Å². The minimum Gasteiger partial charge on any atom is -0.378 e. The lowest BCUT2D eigenvalue weighted by atomic mass is 10.1. The van der Waals surface area contributed by atoms with E-state index in [1.165, 1.54) is 4.68 Å². The van der Waals surface area contributed by atoms with Crippen LogP contribution >= 0.6 is 0 Å². The fourth-order valence-electron chi connectivity index (χ4n) is 2.41. The van der Waals surface area contributed by atoms with Crippen molar-refractivity contribution in [2.75, 3.05) is 32.6 Å². The van der Waals surface area contributed by atoms with Crippen LogP contribution in [0.25, 0.3) is 0 Å². The van der Waals surface area contributed by atoms with Gasteiger partial charge in [0.2, 0.25) is 10.0 Å². The van der Waals surface area contributed by atoms with Gasteiger partial charge in [0.1, 0.15) is 5.69 Å². The number of aryl methyl sites for hydroxylation is 1. The fourth-order valence-corrected chi connectivity index (χ4v) is 2.91. The summed E-state index contributed by atoms with van der Waals surface area (Å²) in [5.74, 6) is 0. The van der Waals surface area contributed by atoms with E-state index in [2.05, 4.69) is 9.82 Å². The molecule has 0 aromatic carbocycles. The first-order chi connectivity index (χ1) is 10.3. The predicted molar refractivity (Wildman–Crippen MR) is 76.0 cm³/mol. The van der Waals surface area contributed by atoms with Gasteiger partial charge >= 0.3 is 0 Å². The zero-order chi connectivity index (χ0) is 16.3. The maximum Gasteiger partial charge on any atom is 0.282 e. The Morgan fingerprint density at radius 3 is 2.91 bits per heavy atom. The van der Waals surface area contributed by atoms with E-state index in [0.29, 0.717) is 25.3 Å². The van der Waals surface area contributed by atoms with Gasteiger partial charge in [-0.3, -0.25) is 9.58 Å². The normalized spacial score (nSPS) is 20.7. The van der Waals surface area contributed by atoms with E-state index >= 15 is 0 Å². The smallest absolute Gasteiger partial charge is 0.282 e. The van der Waals surface area contributed by atoms with E-state index in [-0.39, 0.29) is 24.8 Å². The monoisotopic (exact) mass is 338 g/mol. The second-order valence-corrected chi connectivity index (χ2v) is 7.17. The molecule has 1 aromatic rings. The van der Waals surface area contributed by atoms with E-state index in [1.54, 1.807) is 13.2 Å². The van der Waals surface area contributed by atoms with Crippen molar-refractivity contribution in [2.45, 2.75) is 19.0 Å². The van der Waals surface area contributed by atoms with Crippen LogP contribution in [-0.2, 0) is 28.4 Å². The van der Waals surface area contributed by atoms with Crippen LogP contribution in [-0.4, -0.2) is 61.7 Å². The molecule has 0 spiro atoms. The molecule has 126 valence electrons. The Morgan fingerprint density at radius 1 is 1.55 bits per heavy atom. The predicted octanol–water partition coefficient (Wildman–Crippen LogP) is 0.108. The largest absolute Gasteiger partial charge is 0.378 e. The summed E-state index contributed by atoms with van der Waals surface area (Å²) in [5.41, 5.74) is 0.215. The molecule has 2 rings (SSSR count). The highest BCUT2D eigenvalue weighted by atomic mass is 32.2. The minimum absolute atomic E-state index is 0.184. The minimum atomic E-state index is -3.31. The molecule has 10 heteroatoms. The van der Waals surface area contributed by atoms with E-state index in [4.69, 9.17) is 4.74 Å². The van der Waals surface area contributed by atoms with Crippen molar-refractivity contribution in [2.24, 2.45) is 7.05 Å². The molecule has 1 N–H and O–H groups in total. The first-order valence-corrected chi connectivity index (χ1v) is 8.72. The number of alkyl halides is 2. The third-order valence-electron chi connectivity index (χ3n) is 3.45. The summed E-state index contributed by atoms with van der Waals surface area (Å²) < 4.78 is 57.5. The van der Waals surface area contributed by atoms with Crippen molar-refractivity contribution in [1.82, 2.24) is 19.4 Å². The number of ether oxygens (including phenoxy) is 1. The Balaban J connectivity index is 2.08. The van der Waals surface area contributed by atoms with Gasteiger partial charge < -0.3 is 4.74 Å². The van der Waals surface area contributed by atoms with Crippen LogP contribution in [0.5, 0.6) is 0 Å². The fraction of sp³-hybridized carbons (Fsp3) is 0.750. The van der Waals surface area contributed by atoms with Gasteiger partial charge in [0.25, 0.3) is 6.43 Å². The molecule has 22 heavy (non-hydrogen) atoms. The summed E-state index contributed by atoms with van der Waals surface area (Å²) in [7, 11) is -1.71. The Kier molecular flexibility index (Phi) is 5.48. The number of sulfonamides is 1. The van der Waals surface area contributed by atoms with Gasteiger partial charge in [0.05, 0.1) is 19.5 Å². The highest BCUT2D eigenvalue weighted by Crippen LogP contribution is 2.23. The van der Waals surface area contributed by atoms with Gasteiger partial charge in [-0.25, -0.2) is 21.9 Å². The van der Waals surface area contributed by atoms with Gasteiger partial charge in [-0.1, -0.05) is 0 Å². The molecule has 0 aliphatic carbocycles. The second kappa shape index (κ2) is 6.99. The standard InChI is InChI=1S/C12H20F2N4O3S/c1-17-6-9(11(16-17)12(13)14)7-18-3-4-21-8-10(18)5-15-22(2,19)20/h6,10,12,15H,3-5,7-8H2,1-2H3. The Bertz CT molecular complexity index is 606. The van der Waals surface area contributed by atoms with Gasteiger partial charge in [-0.2, -0.15) is 5.10 Å². The molecule has 0 saturated carbocycles. The van der Waals surface area contributed by atoms with Crippen LogP contribution in [0.4, 0.5) is 8.78 Å². The van der Waals surface area contributed by atoms with E-state index < -0.39 is 16.4 Å². The summed E-state index contributed by atoms with van der Waals surface area (Å²) >= 11 is 0. The molecule has 1 atom stereocenters. The van der Waals surface area contributed by atoms with Crippen molar-refractivity contribution >= 4 is 10.0 Å². The summed E-state index contributed by atoms with van der Waals surface area (Å²) in [6.07, 6.45) is 0.0135. The Hall–Kier alpha value is -1.10. The third-order valence-corrected chi connectivity index (χ3v) is 4.14. The number of hydrogen-bond acceptors (Lipinski definition) is 5. The van der Waals surface area contributed by atoms with Crippen LogP contribution in [0.2, 0.25) is 0 Å². The Labute approximate surface area is 128 Å². The number of aromatic nitrogens is 2. The van der Waals surface area contributed by atoms with Gasteiger partial charge in [-0.15, -0.1) is 0 Å². The van der Waals surface area contributed by atoms with Crippen molar-refractivity contribution in [1.29, 1.82) is 0 Å². The molecule has 0 bridgehead atoms. The van der Waals surface area contributed by atoms with Gasteiger partial charge in [-0.05, 0) is 0 Å². The Morgan fingerprint density at radius 2 is 2.27 bits per heavy atom. The van der Waals surface area contributed by atoms with E-state index in [1.807, 2.05) is 4.90 Å². The lowest BCUT2D eigenvalue weighted by Gasteiger charge is -2.35. The van der Waals surface area contributed by atoms with Crippen LogP contribution in [0, 0.1) is 0 Å². The summed E-state index contributed by atoms with van der Waals surface area (Å²) in [6.45, 7) is 1.86. The molecule has 1 aliphatic heterocycles. The number of nitrogens with zero attached hydrogens (tertiary/aromatic N) is 3. The number of rotatable bonds is 6. The third kappa shape index (κ3) is 4.70. The van der Waals surface area contributed by atoms with Crippen molar-refractivity contribution < 1.29 is 21.9 Å². The van der Waals surface area contributed by atoms with Crippen LogP contribution in [0.3, 0.4) is 0 Å². The zero-order valence-electron chi connectivity index (χ0n) is 12.5. The molecule has 1 aliphatic rings. The lowest BCUT2D eigenvalue weighted by molar-refractivity contribution is -0.00961. The molecular formula is C12H20F2N4O3S. The van der Waals surface area contributed by atoms with E-state index in [9.17, 15) is 17.2 Å². The number of halogens is 2. The quantitative estimate of drug-likeness (QED) is 0.797. The van der Waals surface area contributed by atoms with Crippen LogP contribution in [0.15, 0.2) is 6.20 Å². The molecule has 1 fully saturated rings. The summed E-state index contributed by atoms with van der Waals surface area (Å²) in [6, 6.07) is -0.200. The molecule has 1 aromatic heterocycles. The lowest BCUT2D eigenvalue weighted by Crippen LogP contribution is -2.50. The molecular weight excluding hydrogens is 318 g/mol. The molecule has 0 radical (unpaired) electrons. The first-order valence-electron chi connectivity index (χ1n) is 6.83. The van der Waals surface area contributed by atoms with Crippen molar-refractivity contribution in [3.8, 4) is 0 Å². The maximum atomic E-state index is 13.0. The highest BCUT2D eigenvalue weighted by Gasteiger charge is 2.27. The maximum absolute atomic E-state index is 13.0. The summed E-state index contributed by atoms with van der Waals surface area (Å²) in [5, 5.41) is 3.78. The van der Waals surface area contributed by atoms with Gasteiger partial charge in [0, 0.05) is 44.5 Å². The van der Waals surface area contributed by atoms with Crippen LogP contribution < -0.4 is 4.72 Å². The average molecular weight is 338 g/mol. The molecule has 7 nitrogen and oxygen atoms in total. The number of morpholine rings is 1. The SMILES string of the molecule is Cn1cc(CN2CCOCC2CNS(C)(=O)=O)c(C(F)F)n1. The zero-order valence-corrected chi connectivity index (χ0v) is 13.3. The number of hydrogen-bond donors (Lipinski definition) is 1. The molecule has 2 heterocycles. The highest BCUT2D eigenvalue weighted by molar-refractivity contribution is 7.88. The van der Waals surface area contributed by atoms with Crippen molar-refractivity contribution in [3.63, 3.8) is 0 Å². The molecule has 1 saturated heterocycles. The summed E-state index contributed by atoms with van der Waals surface area (Å²) in [4.78, 5) is 1.94. The topological polar surface area (TPSA) is 76.5 Å². The first kappa shape index (κ1) is 17.3. The van der Waals surface area contributed by atoms with E-state index in [0.717, 1.165) is 6.26 Å². The second-order valence-electron chi connectivity index (χ2n) is 5.33. The number of nitrogens with one attached hydrogen (secondary N) is 1.